The maximum Gasteiger partial charge on any atom is 0.435 e. The number of likely N-dealkylation sites (tertiary alicyclic amines) is 1. The molecule has 1 saturated carbocycles. The third-order valence-electron chi connectivity index (χ3n) is 8.04. The van der Waals surface area contributed by atoms with Crippen LogP contribution in [0, 0.1) is 11.8 Å². The van der Waals surface area contributed by atoms with Crippen molar-refractivity contribution >= 4 is 5.97 Å². The van der Waals surface area contributed by atoms with Gasteiger partial charge in [0.2, 0.25) is 0 Å². The minimum Gasteiger partial charge on any atom is -0.487 e. The van der Waals surface area contributed by atoms with Crippen LogP contribution in [-0.2, 0) is 31.0 Å². The van der Waals surface area contributed by atoms with E-state index in [1.165, 1.54) is 17.9 Å². The van der Waals surface area contributed by atoms with Crippen LogP contribution in [0.1, 0.15) is 67.3 Å². The fourth-order valence-electron chi connectivity index (χ4n) is 5.91. The number of hydrogen-bond donors (Lipinski definition) is 1. The molecule has 2 fully saturated rings. The number of nitrogens with zero attached hydrogens (tertiary/aromatic N) is 3. The first-order valence-corrected chi connectivity index (χ1v) is 12.4. The summed E-state index contributed by atoms with van der Waals surface area (Å²) in [7, 11) is 1.51. The van der Waals surface area contributed by atoms with Crippen LogP contribution in [0.3, 0.4) is 0 Å². The molecule has 3 heterocycles. The second-order valence-electron chi connectivity index (χ2n) is 10.6. The van der Waals surface area contributed by atoms with Crippen LogP contribution in [0.15, 0.2) is 24.4 Å². The van der Waals surface area contributed by atoms with E-state index in [1.807, 2.05) is 4.90 Å². The molecule has 1 spiro atoms. The molecule has 1 aliphatic carbocycles. The van der Waals surface area contributed by atoms with Gasteiger partial charge in [0, 0.05) is 38.4 Å². The molecule has 3 aliphatic rings. The van der Waals surface area contributed by atoms with Gasteiger partial charge >= 0.3 is 12.1 Å². The van der Waals surface area contributed by atoms with Crippen LogP contribution in [0.25, 0.3) is 0 Å². The fourth-order valence-corrected chi connectivity index (χ4v) is 5.91. The van der Waals surface area contributed by atoms with Crippen molar-refractivity contribution in [2.45, 2.75) is 69.7 Å². The first-order valence-electron chi connectivity index (χ1n) is 12.4. The summed E-state index contributed by atoms with van der Waals surface area (Å²) < 4.78 is 47.8. The Kier molecular flexibility index (Phi) is 6.10. The molecule has 0 radical (unpaired) electrons. The highest BCUT2D eigenvalue weighted by atomic mass is 19.4. The second kappa shape index (κ2) is 8.84. The number of piperidine rings is 1. The predicted octanol–water partition coefficient (Wildman–Crippen LogP) is 5.01. The molecule has 1 saturated heterocycles. The highest BCUT2D eigenvalue weighted by Crippen LogP contribution is 2.49. The lowest BCUT2D eigenvalue weighted by atomic mass is 9.80. The van der Waals surface area contributed by atoms with Crippen molar-refractivity contribution in [1.29, 1.82) is 0 Å². The van der Waals surface area contributed by atoms with E-state index >= 15 is 0 Å². The Morgan fingerprint density at radius 1 is 1.26 bits per heavy atom. The Labute approximate surface area is 203 Å². The molecule has 2 aliphatic heterocycles. The SMILES string of the molecule is C[C@H](C(=O)O)[C@H](c1ccc2c(c1)OC1(CC2)CCN(Cc2cn(C)nc2C(F)(F)F)CC1)C1CC1. The van der Waals surface area contributed by atoms with Crippen molar-refractivity contribution in [3.63, 3.8) is 0 Å². The van der Waals surface area contributed by atoms with Gasteiger partial charge in [-0.2, -0.15) is 18.3 Å². The number of rotatable bonds is 6. The van der Waals surface area contributed by atoms with Gasteiger partial charge in [-0.25, -0.2) is 0 Å². The lowest BCUT2D eigenvalue weighted by Crippen LogP contribution is -2.49. The summed E-state index contributed by atoms with van der Waals surface area (Å²) in [5, 5.41) is 13.2. The maximum atomic E-state index is 13.3. The van der Waals surface area contributed by atoms with E-state index in [0.29, 0.717) is 19.0 Å². The molecular formula is C26H32F3N3O3. The van der Waals surface area contributed by atoms with Crippen molar-refractivity contribution in [2.75, 3.05) is 13.1 Å². The number of aromatic nitrogens is 2. The summed E-state index contributed by atoms with van der Waals surface area (Å²) in [6.45, 7) is 3.31. The molecule has 1 aromatic carbocycles. The van der Waals surface area contributed by atoms with Gasteiger partial charge in [-0.05, 0) is 67.6 Å². The molecule has 2 aromatic rings. The third kappa shape index (κ3) is 4.92. The van der Waals surface area contributed by atoms with Gasteiger partial charge in [-0.1, -0.05) is 19.1 Å². The molecule has 190 valence electrons. The van der Waals surface area contributed by atoms with Crippen LogP contribution in [0.5, 0.6) is 5.75 Å². The minimum absolute atomic E-state index is 0.0107. The van der Waals surface area contributed by atoms with E-state index in [9.17, 15) is 23.1 Å². The van der Waals surface area contributed by atoms with Gasteiger partial charge in [0.1, 0.15) is 11.4 Å². The van der Waals surface area contributed by atoms with Crippen LogP contribution < -0.4 is 4.74 Å². The molecule has 35 heavy (non-hydrogen) atoms. The monoisotopic (exact) mass is 491 g/mol. The van der Waals surface area contributed by atoms with E-state index in [4.69, 9.17) is 4.74 Å². The normalized spacial score (nSPS) is 21.9. The van der Waals surface area contributed by atoms with Crippen molar-refractivity contribution in [3.8, 4) is 5.75 Å². The van der Waals surface area contributed by atoms with Crippen LogP contribution in [0.2, 0.25) is 0 Å². The topological polar surface area (TPSA) is 67.6 Å². The maximum absolute atomic E-state index is 13.3. The van der Waals surface area contributed by atoms with E-state index in [0.717, 1.165) is 55.4 Å². The van der Waals surface area contributed by atoms with E-state index in [2.05, 4.69) is 23.3 Å². The molecule has 0 amide bonds. The van der Waals surface area contributed by atoms with Crippen molar-refractivity contribution in [2.24, 2.45) is 18.9 Å². The molecule has 1 aromatic heterocycles. The highest BCUT2D eigenvalue weighted by molar-refractivity contribution is 5.71. The van der Waals surface area contributed by atoms with Gasteiger partial charge in [0.15, 0.2) is 5.69 Å². The third-order valence-corrected chi connectivity index (χ3v) is 8.04. The summed E-state index contributed by atoms with van der Waals surface area (Å²) in [4.78, 5) is 13.8. The summed E-state index contributed by atoms with van der Waals surface area (Å²) in [6, 6.07) is 6.20. The number of benzene rings is 1. The number of fused-ring (bicyclic) bond motifs is 1. The summed E-state index contributed by atoms with van der Waals surface area (Å²) in [5.41, 5.74) is 1.25. The van der Waals surface area contributed by atoms with Crippen LogP contribution in [-0.4, -0.2) is 44.4 Å². The molecule has 1 N–H and O–H groups in total. The largest absolute Gasteiger partial charge is 0.487 e. The fraction of sp³-hybridized carbons (Fsp3) is 0.615. The molecule has 9 heteroatoms. The highest BCUT2D eigenvalue weighted by Gasteiger charge is 2.43. The Morgan fingerprint density at radius 3 is 2.60 bits per heavy atom. The summed E-state index contributed by atoms with van der Waals surface area (Å²) >= 11 is 0. The lowest BCUT2D eigenvalue weighted by Gasteiger charge is -2.45. The summed E-state index contributed by atoms with van der Waals surface area (Å²) in [5.74, 6) is 0.0246. The van der Waals surface area contributed by atoms with Gasteiger partial charge in [0.25, 0.3) is 0 Å². The Bertz CT molecular complexity index is 1100. The van der Waals surface area contributed by atoms with Gasteiger partial charge in [-0.15, -0.1) is 0 Å². The zero-order valence-electron chi connectivity index (χ0n) is 20.1. The predicted molar refractivity (Wildman–Crippen MR) is 123 cm³/mol. The molecule has 5 rings (SSSR count). The van der Waals surface area contributed by atoms with E-state index in [1.54, 1.807) is 6.92 Å². The van der Waals surface area contributed by atoms with Crippen molar-refractivity contribution in [1.82, 2.24) is 14.7 Å². The first kappa shape index (κ1) is 24.2. The molecular weight excluding hydrogens is 459 g/mol. The van der Waals surface area contributed by atoms with E-state index < -0.39 is 23.8 Å². The van der Waals surface area contributed by atoms with Gasteiger partial charge in [0.05, 0.1) is 5.92 Å². The zero-order valence-corrected chi connectivity index (χ0v) is 20.1. The average molecular weight is 492 g/mol. The standard InChI is InChI=1S/C26H32F3N3O3/c1-16(24(33)34)22(18-4-5-18)19-6-3-17-7-8-25(35-21(17)13-19)9-11-32(12-10-25)15-20-14-31(2)30-23(20)26(27,28)29/h3,6,13-14,16,18,22H,4-5,7-12,15H2,1-2H3,(H,33,34)/t16-,22-/m0/s1. The number of carbonyl (C=O) groups is 1. The summed E-state index contributed by atoms with van der Waals surface area (Å²) in [6.07, 6.45) is 2.38. The molecule has 0 unspecified atom stereocenters. The average Bonchev–Trinajstić information content (AvgIpc) is 3.55. The number of aliphatic carboxylic acids is 1. The van der Waals surface area contributed by atoms with Gasteiger partial charge in [-0.3, -0.25) is 14.4 Å². The first-order chi connectivity index (χ1) is 16.5. The lowest BCUT2D eigenvalue weighted by molar-refractivity contribution is -0.143. The minimum atomic E-state index is -4.46. The number of ether oxygens (including phenoxy) is 1. The Hall–Kier alpha value is -2.55. The quantitative estimate of drug-likeness (QED) is 0.615. The number of aryl methyl sites for hydroxylation is 2. The van der Waals surface area contributed by atoms with Crippen LogP contribution in [0.4, 0.5) is 13.2 Å². The smallest absolute Gasteiger partial charge is 0.435 e. The number of carboxylic acids is 1. The molecule has 0 bridgehead atoms. The number of alkyl halides is 3. The van der Waals surface area contributed by atoms with Crippen LogP contribution >= 0.6 is 0 Å². The Balaban J connectivity index is 1.28. The van der Waals surface area contributed by atoms with E-state index in [-0.39, 0.29) is 23.6 Å². The van der Waals surface area contributed by atoms with Crippen molar-refractivity contribution < 1.29 is 27.8 Å². The zero-order chi connectivity index (χ0) is 25.0. The Morgan fingerprint density at radius 2 is 1.97 bits per heavy atom. The number of halogens is 3. The second-order valence-corrected chi connectivity index (χ2v) is 10.6. The van der Waals surface area contributed by atoms with Gasteiger partial charge < -0.3 is 9.84 Å². The van der Waals surface area contributed by atoms with Crippen molar-refractivity contribution in [3.05, 3.63) is 46.8 Å². The molecule has 2 atom stereocenters. The molecule has 6 nitrogen and oxygen atoms in total. The number of hydrogen-bond acceptors (Lipinski definition) is 4. The number of carboxylic acid groups (broad SMARTS) is 1.